The molecule has 0 aromatic rings. The quantitative estimate of drug-likeness (QED) is 0.574. The maximum absolute atomic E-state index is 8.54. The lowest BCUT2D eigenvalue weighted by molar-refractivity contribution is 0.179. The van der Waals surface area contributed by atoms with Crippen molar-refractivity contribution >= 4 is 0 Å². The van der Waals surface area contributed by atoms with Gasteiger partial charge in [0.15, 0.2) is 0 Å². The van der Waals surface area contributed by atoms with Crippen LogP contribution in [0, 0.1) is 0 Å². The zero-order valence-corrected chi connectivity index (χ0v) is 7.46. The molecule has 0 aliphatic rings. The summed E-state index contributed by atoms with van der Waals surface area (Å²) in [6.45, 7) is 2.29. The molecular weight excluding hydrogens is 128 g/mol. The van der Waals surface area contributed by atoms with E-state index in [1.54, 1.807) is 0 Å². The van der Waals surface area contributed by atoms with E-state index in [-0.39, 0.29) is 6.10 Å². The SMILES string of the molecule is CCC(O)CN.CN(C)C. The number of rotatable bonds is 2. The molecule has 1 atom stereocenters. The maximum Gasteiger partial charge on any atom is 0.0659 e. The lowest BCUT2D eigenvalue weighted by Gasteiger charge is -1.98. The highest BCUT2D eigenvalue weighted by Crippen LogP contribution is 1.81. The summed E-state index contributed by atoms with van der Waals surface area (Å²) in [5, 5.41) is 8.54. The van der Waals surface area contributed by atoms with Crippen LogP contribution >= 0.6 is 0 Å². The van der Waals surface area contributed by atoms with Crippen molar-refractivity contribution in [3.63, 3.8) is 0 Å². The molecule has 1 unspecified atom stereocenters. The number of aliphatic hydroxyl groups is 1. The van der Waals surface area contributed by atoms with Crippen LogP contribution in [0.3, 0.4) is 0 Å². The number of aliphatic hydroxyl groups excluding tert-OH is 1. The van der Waals surface area contributed by atoms with E-state index in [4.69, 9.17) is 10.8 Å². The average Bonchev–Trinajstić information content (AvgIpc) is 1.85. The lowest BCUT2D eigenvalue weighted by Crippen LogP contribution is -2.17. The van der Waals surface area contributed by atoms with Gasteiger partial charge in [-0.2, -0.15) is 0 Å². The Hall–Kier alpha value is -0.120. The Balaban J connectivity index is 0. The minimum atomic E-state index is -0.287. The van der Waals surface area contributed by atoms with Gasteiger partial charge in [-0.05, 0) is 27.6 Å². The molecule has 0 saturated carbocycles. The van der Waals surface area contributed by atoms with Crippen molar-refractivity contribution in [2.45, 2.75) is 19.4 Å². The molecule has 10 heavy (non-hydrogen) atoms. The molecule has 3 heteroatoms. The number of hydrogen-bond donors (Lipinski definition) is 2. The Morgan fingerprint density at radius 3 is 1.70 bits per heavy atom. The molecule has 3 N–H and O–H groups in total. The number of hydrogen-bond acceptors (Lipinski definition) is 3. The van der Waals surface area contributed by atoms with Crippen molar-refractivity contribution < 1.29 is 5.11 Å². The van der Waals surface area contributed by atoms with Gasteiger partial charge < -0.3 is 15.7 Å². The second-order valence-corrected chi connectivity index (χ2v) is 2.64. The van der Waals surface area contributed by atoms with Crippen LogP contribution < -0.4 is 5.73 Å². The molecule has 3 nitrogen and oxygen atoms in total. The third-order valence-electron chi connectivity index (χ3n) is 0.743. The molecule has 0 heterocycles. The van der Waals surface area contributed by atoms with Crippen LogP contribution in [0.1, 0.15) is 13.3 Å². The second kappa shape index (κ2) is 8.88. The van der Waals surface area contributed by atoms with E-state index in [1.807, 2.05) is 33.0 Å². The summed E-state index contributed by atoms with van der Waals surface area (Å²) in [5.74, 6) is 0. The van der Waals surface area contributed by atoms with E-state index in [0.29, 0.717) is 6.54 Å². The Kier molecular flexibility index (Phi) is 11.1. The van der Waals surface area contributed by atoms with Gasteiger partial charge in [0, 0.05) is 6.54 Å². The van der Waals surface area contributed by atoms with Crippen LogP contribution in [-0.4, -0.2) is 43.8 Å². The molecule has 0 aliphatic heterocycles. The van der Waals surface area contributed by atoms with E-state index in [0.717, 1.165) is 6.42 Å². The van der Waals surface area contributed by atoms with Crippen molar-refractivity contribution in [1.29, 1.82) is 0 Å². The van der Waals surface area contributed by atoms with Crippen LogP contribution in [0.15, 0.2) is 0 Å². The predicted molar refractivity (Wildman–Crippen MR) is 45.0 cm³/mol. The van der Waals surface area contributed by atoms with Crippen LogP contribution in [0.2, 0.25) is 0 Å². The minimum absolute atomic E-state index is 0.287. The molecule has 0 aliphatic carbocycles. The molecule has 0 radical (unpaired) electrons. The summed E-state index contributed by atoms with van der Waals surface area (Å²) in [6, 6.07) is 0. The van der Waals surface area contributed by atoms with Gasteiger partial charge in [-0.3, -0.25) is 0 Å². The summed E-state index contributed by atoms with van der Waals surface area (Å²) in [5.41, 5.74) is 5.03. The first-order valence-corrected chi connectivity index (χ1v) is 3.53. The van der Waals surface area contributed by atoms with Crippen LogP contribution in [0.4, 0.5) is 0 Å². The van der Waals surface area contributed by atoms with Crippen molar-refractivity contribution in [2.24, 2.45) is 5.73 Å². The van der Waals surface area contributed by atoms with Crippen molar-refractivity contribution in [2.75, 3.05) is 27.7 Å². The van der Waals surface area contributed by atoms with E-state index >= 15 is 0 Å². The fourth-order valence-electron chi connectivity index (χ4n) is 0.167. The first kappa shape index (κ1) is 12.5. The van der Waals surface area contributed by atoms with Crippen molar-refractivity contribution in [1.82, 2.24) is 4.90 Å². The molecule has 0 aromatic carbocycles. The Morgan fingerprint density at radius 2 is 1.70 bits per heavy atom. The maximum atomic E-state index is 8.54. The second-order valence-electron chi connectivity index (χ2n) is 2.64. The van der Waals surface area contributed by atoms with Gasteiger partial charge in [0.2, 0.25) is 0 Å². The highest BCUT2D eigenvalue weighted by molar-refractivity contribution is 4.48. The Morgan fingerprint density at radius 1 is 1.40 bits per heavy atom. The van der Waals surface area contributed by atoms with Crippen LogP contribution in [-0.2, 0) is 0 Å². The van der Waals surface area contributed by atoms with Gasteiger partial charge in [-0.15, -0.1) is 0 Å². The highest BCUT2D eigenvalue weighted by atomic mass is 16.3. The van der Waals surface area contributed by atoms with Gasteiger partial charge >= 0.3 is 0 Å². The van der Waals surface area contributed by atoms with E-state index in [9.17, 15) is 0 Å². The number of nitrogens with zero attached hydrogens (tertiary/aromatic N) is 1. The topological polar surface area (TPSA) is 49.5 Å². The molecule has 0 spiro atoms. The molecule has 0 amide bonds. The third kappa shape index (κ3) is 24.8. The fraction of sp³-hybridized carbons (Fsp3) is 1.00. The summed E-state index contributed by atoms with van der Waals surface area (Å²) in [6.07, 6.45) is 0.473. The smallest absolute Gasteiger partial charge is 0.0659 e. The monoisotopic (exact) mass is 148 g/mol. The zero-order chi connectivity index (χ0) is 8.57. The molecule has 0 aromatic heterocycles. The molecular formula is C7H20N2O. The van der Waals surface area contributed by atoms with Crippen molar-refractivity contribution in [3.05, 3.63) is 0 Å². The van der Waals surface area contributed by atoms with Gasteiger partial charge in [-0.25, -0.2) is 0 Å². The Labute approximate surface area is 63.8 Å². The predicted octanol–water partition coefficient (Wildman–Crippen LogP) is -0.106. The van der Waals surface area contributed by atoms with E-state index in [1.165, 1.54) is 0 Å². The Bertz CT molecular complexity index is 50.8. The summed E-state index contributed by atoms with van der Waals surface area (Å²) >= 11 is 0. The van der Waals surface area contributed by atoms with Gasteiger partial charge in [0.05, 0.1) is 6.10 Å². The normalized spacial score (nSPS) is 12.3. The van der Waals surface area contributed by atoms with Gasteiger partial charge in [-0.1, -0.05) is 6.92 Å². The first-order valence-electron chi connectivity index (χ1n) is 3.53. The first-order chi connectivity index (χ1) is 4.54. The van der Waals surface area contributed by atoms with Gasteiger partial charge in [0.25, 0.3) is 0 Å². The van der Waals surface area contributed by atoms with Gasteiger partial charge in [0.1, 0.15) is 0 Å². The summed E-state index contributed by atoms with van der Waals surface area (Å²) < 4.78 is 0. The molecule has 0 fully saturated rings. The highest BCUT2D eigenvalue weighted by Gasteiger charge is 1.90. The molecule has 0 bridgehead atoms. The van der Waals surface area contributed by atoms with Crippen LogP contribution in [0.5, 0.6) is 0 Å². The van der Waals surface area contributed by atoms with E-state index < -0.39 is 0 Å². The fourth-order valence-corrected chi connectivity index (χ4v) is 0.167. The molecule has 0 saturated heterocycles. The molecule has 64 valence electrons. The van der Waals surface area contributed by atoms with E-state index in [2.05, 4.69) is 0 Å². The minimum Gasteiger partial charge on any atom is -0.392 e. The molecule has 0 rings (SSSR count). The standard InChI is InChI=1S/C4H11NO.C3H9N/c1-2-4(6)3-5;1-4(2)3/h4,6H,2-3,5H2,1H3;1-3H3. The largest absolute Gasteiger partial charge is 0.392 e. The summed E-state index contributed by atoms with van der Waals surface area (Å²) in [4.78, 5) is 2.00. The number of nitrogens with two attached hydrogens (primary N) is 1. The van der Waals surface area contributed by atoms with Crippen LogP contribution in [0.25, 0.3) is 0 Å². The summed E-state index contributed by atoms with van der Waals surface area (Å²) in [7, 11) is 6.00. The zero-order valence-electron chi connectivity index (χ0n) is 7.46. The lowest BCUT2D eigenvalue weighted by atomic mass is 10.3. The van der Waals surface area contributed by atoms with Crippen molar-refractivity contribution in [3.8, 4) is 0 Å². The third-order valence-corrected chi connectivity index (χ3v) is 0.743. The average molecular weight is 148 g/mol.